The summed E-state index contributed by atoms with van der Waals surface area (Å²) in [7, 11) is 0. The van der Waals surface area contributed by atoms with E-state index in [1.165, 1.54) is 11.3 Å². The zero-order valence-corrected chi connectivity index (χ0v) is 18.0. The molecule has 0 saturated carbocycles. The Kier molecular flexibility index (Phi) is 5.35. The fourth-order valence-electron chi connectivity index (χ4n) is 3.20. The fraction of sp³-hybridized carbons (Fsp3) is 0.0833. The Morgan fingerprint density at radius 1 is 1.00 bits per heavy atom. The molecule has 3 aromatic carbocycles. The summed E-state index contributed by atoms with van der Waals surface area (Å²) in [6, 6.07) is 24.7. The number of fused-ring (bicyclic) bond motifs is 1. The number of aromatic nitrogens is 4. The molecule has 0 atom stereocenters. The molecule has 0 fully saturated rings. The van der Waals surface area contributed by atoms with Crippen LogP contribution in [-0.2, 0) is 6.61 Å². The van der Waals surface area contributed by atoms with Crippen molar-refractivity contribution < 1.29 is 9.53 Å². The number of nitrogens with one attached hydrogen (secondary N) is 1. The van der Waals surface area contributed by atoms with Crippen molar-refractivity contribution in [1.82, 2.24) is 19.8 Å². The zero-order chi connectivity index (χ0) is 21.9. The molecule has 1 N–H and O–H groups in total. The topological polar surface area (TPSA) is 81.4 Å². The molecular formula is C24H19N5O2S. The Bertz CT molecular complexity index is 1380. The Labute approximate surface area is 188 Å². The molecule has 5 aromatic rings. The maximum atomic E-state index is 12.7. The molecule has 2 heterocycles. The summed E-state index contributed by atoms with van der Waals surface area (Å²) in [5.41, 5.74) is 3.26. The van der Waals surface area contributed by atoms with E-state index in [1.54, 1.807) is 16.6 Å². The van der Waals surface area contributed by atoms with Gasteiger partial charge in [-0.15, -0.1) is 10.2 Å². The van der Waals surface area contributed by atoms with Crippen molar-refractivity contribution >= 4 is 27.9 Å². The molecule has 0 bridgehead atoms. The van der Waals surface area contributed by atoms with Gasteiger partial charge in [-0.1, -0.05) is 47.7 Å². The summed E-state index contributed by atoms with van der Waals surface area (Å²) in [6.07, 6.45) is 0. The number of ether oxygens (including phenoxy) is 1. The van der Waals surface area contributed by atoms with Crippen molar-refractivity contribution in [2.24, 2.45) is 0 Å². The molecule has 2 aromatic heterocycles. The standard InChI is InChI=1S/C24H19N5O2S/c1-16-26-27-24-29(16)28-23(32-24)18-10-12-20(13-11-18)25-22(30)19-8-5-9-21(14-19)31-15-17-6-3-2-4-7-17/h2-14H,15H2,1H3,(H,25,30). The monoisotopic (exact) mass is 441 g/mol. The molecule has 0 unspecified atom stereocenters. The molecule has 158 valence electrons. The average molecular weight is 442 g/mol. The van der Waals surface area contributed by atoms with Crippen molar-refractivity contribution in [2.75, 3.05) is 5.32 Å². The van der Waals surface area contributed by atoms with Gasteiger partial charge < -0.3 is 10.1 Å². The van der Waals surface area contributed by atoms with E-state index in [1.807, 2.05) is 73.7 Å². The van der Waals surface area contributed by atoms with Crippen LogP contribution >= 0.6 is 11.3 Å². The van der Waals surface area contributed by atoms with E-state index in [0.29, 0.717) is 23.6 Å². The lowest BCUT2D eigenvalue weighted by atomic mass is 10.1. The molecule has 7 nitrogen and oxygen atoms in total. The lowest BCUT2D eigenvalue weighted by Crippen LogP contribution is -2.11. The SMILES string of the molecule is Cc1nnc2sc(-c3ccc(NC(=O)c4cccc(OCc5ccccc5)c4)cc3)nn12. The zero-order valence-electron chi connectivity index (χ0n) is 17.2. The van der Waals surface area contributed by atoms with Crippen LogP contribution in [0.5, 0.6) is 5.75 Å². The van der Waals surface area contributed by atoms with Crippen molar-refractivity contribution in [3.63, 3.8) is 0 Å². The molecule has 0 aliphatic rings. The van der Waals surface area contributed by atoms with Gasteiger partial charge in [-0.05, 0) is 55.0 Å². The van der Waals surface area contributed by atoms with Crippen LogP contribution in [0.2, 0.25) is 0 Å². The molecule has 0 aliphatic carbocycles. The van der Waals surface area contributed by atoms with E-state index in [2.05, 4.69) is 20.6 Å². The van der Waals surface area contributed by atoms with Crippen LogP contribution in [0.25, 0.3) is 15.5 Å². The van der Waals surface area contributed by atoms with Gasteiger partial charge in [-0.25, -0.2) is 0 Å². The third-order valence-corrected chi connectivity index (χ3v) is 5.83. The normalized spacial score (nSPS) is 10.9. The van der Waals surface area contributed by atoms with Gasteiger partial charge in [-0.3, -0.25) is 4.79 Å². The average Bonchev–Trinajstić information content (AvgIpc) is 3.41. The van der Waals surface area contributed by atoms with Crippen LogP contribution in [0.1, 0.15) is 21.7 Å². The van der Waals surface area contributed by atoms with E-state index in [4.69, 9.17) is 4.74 Å². The van der Waals surface area contributed by atoms with Gasteiger partial charge in [0.05, 0.1) is 0 Å². The Morgan fingerprint density at radius 3 is 2.59 bits per heavy atom. The first kappa shape index (κ1) is 19.9. The number of carbonyl (C=O) groups is 1. The molecule has 0 saturated heterocycles. The summed E-state index contributed by atoms with van der Waals surface area (Å²) in [5, 5.41) is 16.4. The first-order chi connectivity index (χ1) is 15.7. The third-order valence-electron chi connectivity index (χ3n) is 4.88. The Morgan fingerprint density at radius 2 is 1.81 bits per heavy atom. The van der Waals surface area contributed by atoms with Gasteiger partial charge in [-0.2, -0.15) is 9.61 Å². The van der Waals surface area contributed by atoms with Crippen LogP contribution in [0, 0.1) is 6.92 Å². The van der Waals surface area contributed by atoms with E-state index >= 15 is 0 Å². The van der Waals surface area contributed by atoms with Gasteiger partial charge in [0, 0.05) is 16.8 Å². The third kappa shape index (κ3) is 4.21. The number of amides is 1. The highest BCUT2D eigenvalue weighted by molar-refractivity contribution is 7.19. The molecular weight excluding hydrogens is 422 g/mol. The summed E-state index contributed by atoms with van der Waals surface area (Å²) in [4.78, 5) is 13.5. The first-order valence-corrected chi connectivity index (χ1v) is 10.8. The quantitative estimate of drug-likeness (QED) is 0.401. The maximum Gasteiger partial charge on any atom is 0.255 e. The molecule has 32 heavy (non-hydrogen) atoms. The smallest absolute Gasteiger partial charge is 0.255 e. The lowest BCUT2D eigenvalue weighted by Gasteiger charge is -2.09. The van der Waals surface area contributed by atoms with E-state index in [-0.39, 0.29) is 5.91 Å². The number of aryl methyl sites for hydroxylation is 1. The molecule has 0 radical (unpaired) electrons. The van der Waals surface area contributed by atoms with Crippen molar-refractivity contribution in [3.05, 3.63) is 95.8 Å². The number of anilines is 1. The molecule has 0 spiro atoms. The molecule has 0 aliphatic heterocycles. The van der Waals surface area contributed by atoms with Gasteiger partial charge in [0.15, 0.2) is 5.82 Å². The van der Waals surface area contributed by atoms with Crippen LogP contribution in [0.4, 0.5) is 5.69 Å². The minimum absolute atomic E-state index is 0.197. The van der Waals surface area contributed by atoms with Gasteiger partial charge in [0.2, 0.25) is 4.96 Å². The Hall–Kier alpha value is -4.04. The minimum Gasteiger partial charge on any atom is -0.489 e. The predicted octanol–water partition coefficient (Wildman–Crippen LogP) is 4.99. The summed E-state index contributed by atoms with van der Waals surface area (Å²) in [6.45, 7) is 2.31. The van der Waals surface area contributed by atoms with Crippen LogP contribution in [0.15, 0.2) is 78.9 Å². The van der Waals surface area contributed by atoms with E-state index < -0.39 is 0 Å². The first-order valence-electron chi connectivity index (χ1n) is 10.0. The minimum atomic E-state index is -0.197. The van der Waals surface area contributed by atoms with E-state index in [9.17, 15) is 4.79 Å². The maximum absolute atomic E-state index is 12.7. The van der Waals surface area contributed by atoms with Crippen molar-refractivity contribution in [2.45, 2.75) is 13.5 Å². The highest BCUT2D eigenvalue weighted by atomic mass is 32.1. The Balaban J connectivity index is 1.25. The van der Waals surface area contributed by atoms with Crippen molar-refractivity contribution in [3.8, 4) is 16.3 Å². The van der Waals surface area contributed by atoms with Crippen LogP contribution < -0.4 is 10.1 Å². The fourth-order valence-corrected chi connectivity index (χ4v) is 4.09. The molecule has 5 rings (SSSR count). The number of rotatable bonds is 6. The number of hydrogen-bond donors (Lipinski definition) is 1. The number of nitrogens with zero attached hydrogens (tertiary/aromatic N) is 4. The van der Waals surface area contributed by atoms with Gasteiger partial charge in [0.1, 0.15) is 17.4 Å². The van der Waals surface area contributed by atoms with Gasteiger partial charge in [0.25, 0.3) is 5.91 Å². The van der Waals surface area contributed by atoms with Crippen molar-refractivity contribution in [1.29, 1.82) is 0 Å². The lowest BCUT2D eigenvalue weighted by molar-refractivity contribution is 0.102. The van der Waals surface area contributed by atoms with Gasteiger partial charge >= 0.3 is 0 Å². The highest BCUT2D eigenvalue weighted by Gasteiger charge is 2.11. The van der Waals surface area contributed by atoms with Crippen LogP contribution in [0.3, 0.4) is 0 Å². The largest absolute Gasteiger partial charge is 0.489 e. The molecule has 1 amide bonds. The summed E-state index contributed by atoms with van der Waals surface area (Å²) < 4.78 is 7.55. The molecule has 8 heteroatoms. The number of hydrogen-bond acceptors (Lipinski definition) is 6. The van der Waals surface area contributed by atoms with E-state index in [0.717, 1.165) is 26.9 Å². The number of benzene rings is 3. The second kappa shape index (κ2) is 8.60. The predicted molar refractivity (Wildman–Crippen MR) is 124 cm³/mol. The highest BCUT2D eigenvalue weighted by Crippen LogP contribution is 2.26. The second-order valence-corrected chi connectivity index (χ2v) is 8.14. The second-order valence-electron chi connectivity index (χ2n) is 7.18. The summed E-state index contributed by atoms with van der Waals surface area (Å²) in [5.74, 6) is 1.20. The summed E-state index contributed by atoms with van der Waals surface area (Å²) >= 11 is 1.47. The van der Waals surface area contributed by atoms with Crippen LogP contribution in [-0.4, -0.2) is 25.7 Å². The number of carbonyl (C=O) groups excluding carboxylic acids is 1.